The van der Waals surface area contributed by atoms with Gasteiger partial charge < -0.3 is 0 Å². The molecule has 0 saturated heterocycles. The van der Waals surface area contributed by atoms with Gasteiger partial charge in [0.15, 0.2) is 0 Å². The molecule has 0 N–H and O–H groups in total. The quantitative estimate of drug-likeness (QED) is 0.160. The number of aryl methyl sites for hydroxylation is 1. The molecule has 3 heterocycles. The second-order valence-electron chi connectivity index (χ2n) is 20.7. The van der Waals surface area contributed by atoms with Crippen molar-refractivity contribution in [3.8, 4) is 56.0 Å². The summed E-state index contributed by atoms with van der Waals surface area (Å²) in [5.41, 5.74) is 29.1. The zero-order valence-corrected chi connectivity index (χ0v) is 43.2. The zero-order chi connectivity index (χ0) is 47.5. The first kappa shape index (κ1) is 39.3. The summed E-state index contributed by atoms with van der Waals surface area (Å²) in [6.45, 7) is 2.30. The van der Waals surface area contributed by atoms with Crippen LogP contribution in [-0.2, 0) is 10.8 Å². The first-order valence-corrected chi connectivity index (χ1v) is 30.7. The van der Waals surface area contributed by atoms with Crippen LogP contribution in [-0.4, -0.2) is 21.8 Å². The molecule has 0 fully saturated rings. The molecular weight excluding hydrogens is 1080 g/mol. The van der Waals surface area contributed by atoms with E-state index in [1.165, 1.54) is 139 Å². The van der Waals surface area contributed by atoms with Gasteiger partial charge in [-0.25, -0.2) is 0 Å². The van der Waals surface area contributed by atoms with Crippen molar-refractivity contribution >= 4 is 65.7 Å². The van der Waals surface area contributed by atoms with Gasteiger partial charge in [-0.05, 0) is 0 Å². The monoisotopic (exact) mass is 1120 g/mol. The van der Waals surface area contributed by atoms with Crippen molar-refractivity contribution in [2.24, 2.45) is 0 Å². The molecule has 4 aliphatic carbocycles. The van der Waals surface area contributed by atoms with Crippen LogP contribution in [0, 0.1) is 6.92 Å². The molecule has 4 heteroatoms. The Labute approximate surface area is 431 Å². The minimum absolute atomic E-state index is 0.451. The van der Waals surface area contributed by atoms with Gasteiger partial charge in [-0.3, -0.25) is 0 Å². The van der Waals surface area contributed by atoms with Crippen molar-refractivity contribution in [2.75, 3.05) is 9.80 Å². The molecule has 3 nitrogen and oxygen atoms in total. The molecule has 338 valence electrons. The fourth-order valence-electron chi connectivity index (χ4n) is 15.0. The maximum absolute atomic E-state index is 7.18. The van der Waals surface area contributed by atoms with Crippen molar-refractivity contribution in [1.82, 2.24) is 0 Å². The van der Waals surface area contributed by atoms with Crippen molar-refractivity contribution in [2.45, 2.75) is 17.8 Å². The Hall–Kier alpha value is -8.30. The number of nitrogens with zero attached hydrogens (tertiary/aromatic N) is 2. The Morgan fingerprint density at radius 1 is 0.301 bits per heavy atom. The molecule has 11 aromatic rings. The fraction of sp³-hybridized carbons (Fsp3) is 0.0435. The van der Waals surface area contributed by atoms with Gasteiger partial charge in [-0.1, -0.05) is 0 Å². The van der Waals surface area contributed by atoms with Gasteiger partial charge >= 0.3 is 435 Å². The molecule has 3 aliphatic heterocycles. The molecule has 0 aromatic heterocycles. The molecule has 0 bridgehead atoms. The summed E-state index contributed by atoms with van der Waals surface area (Å²) in [7, 11) is 0. The van der Waals surface area contributed by atoms with Gasteiger partial charge in [0.25, 0.3) is 0 Å². The van der Waals surface area contributed by atoms with E-state index in [0.29, 0.717) is 0 Å². The summed E-state index contributed by atoms with van der Waals surface area (Å²) in [5.74, 6) is 2.02. The second kappa shape index (κ2) is 13.6. The van der Waals surface area contributed by atoms with E-state index in [0.717, 1.165) is 11.5 Å². The number of anilines is 6. The standard InChI is InChI=1S/C69H41N2O.Bi/c1-43-36-48-38-49(37-43)71(47-33-35-59-57-25-7-13-31-65(57)69(67(59)42-47)62-28-10-4-22-54(62)55-23-5-11-29-63(55)69)45-17-15-19-51(40-45)72-50-18-14-16-44(39-50)70(48)46-32-34-58-56-24-6-12-30-64(56)68(66(58)41-46)60-26-8-2-20-52(60)53-21-3-9-27-61(53)68;/h2-37,41-42H,1H3;. The van der Waals surface area contributed by atoms with Gasteiger partial charge in [-0.15, -0.1) is 0 Å². The maximum atomic E-state index is 7.18. The first-order chi connectivity index (χ1) is 36.1. The van der Waals surface area contributed by atoms with Gasteiger partial charge in [0.05, 0.1) is 0 Å². The zero-order valence-electron chi connectivity index (χ0n) is 39.7. The number of benzene rings is 11. The molecule has 18 rings (SSSR count). The SMILES string of the molecule is Cc1cc2[c]3c(c1)N(c1ccc4c(c1)C1(c5ccccc5-c5ccccc51)c1ccccc1-4)c1cccc4[c]1[Bi]3[c]1c(cccc1N2c1ccc2c(c1)C1(c3ccccc3-c3ccccc31)c1ccccc1-2)O4. The van der Waals surface area contributed by atoms with E-state index in [1.54, 1.807) is 0 Å². The number of ether oxygens (including phenoxy) is 1. The van der Waals surface area contributed by atoms with Crippen LogP contribution in [0.25, 0.3) is 44.5 Å². The van der Waals surface area contributed by atoms with E-state index in [-0.39, 0.29) is 0 Å². The van der Waals surface area contributed by atoms with Crippen LogP contribution in [0.2, 0.25) is 0 Å². The van der Waals surface area contributed by atoms with E-state index in [4.69, 9.17) is 4.74 Å². The molecule has 0 unspecified atom stereocenters. The normalized spacial score (nSPS) is 15.7. The van der Waals surface area contributed by atoms with Crippen LogP contribution in [0.1, 0.15) is 50.1 Å². The van der Waals surface area contributed by atoms with Crippen molar-refractivity contribution in [3.63, 3.8) is 0 Å². The van der Waals surface area contributed by atoms with E-state index in [9.17, 15) is 0 Å². The van der Waals surface area contributed by atoms with Crippen molar-refractivity contribution < 1.29 is 4.74 Å². The predicted molar refractivity (Wildman–Crippen MR) is 298 cm³/mol. The van der Waals surface area contributed by atoms with Gasteiger partial charge in [0, 0.05) is 0 Å². The molecule has 11 aromatic carbocycles. The number of rotatable bonds is 2. The minimum atomic E-state index is -3.13. The van der Waals surface area contributed by atoms with Gasteiger partial charge in [0.2, 0.25) is 0 Å². The fourth-order valence-corrected chi connectivity index (χ4v) is 26.5. The van der Waals surface area contributed by atoms with E-state index < -0.39 is 32.6 Å². The number of fused-ring (bicyclic) bond motifs is 20. The number of hydrogen-bond donors (Lipinski definition) is 0. The van der Waals surface area contributed by atoms with E-state index >= 15 is 0 Å². The molecule has 2 spiro atoms. The molecular formula is C69H41BiN2O. The Bertz CT molecular complexity index is 3980. The van der Waals surface area contributed by atoms with Crippen molar-refractivity contribution in [3.05, 3.63) is 281 Å². The van der Waals surface area contributed by atoms with Gasteiger partial charge in [-0.2, -0.15) is 0 Å². The average Bonchev–Trinajstić information content (AvgIpc) is 4.13. The molecule has 0 radical (unpaired) electrons. The van der Waals surface area contributed by atoms with Crippen molar-refractivity contribution in [1.29, 1.82) is 0 Å². The molecule has 0 atom stereocenters. The topological polar surface area (TPSA) is 15.7 Å². The van der Waals surface area contributed by atoms with Crippen LogP contribution >= 0.6 is 0 Å². The number of hydrogen-bond acceptors (Lipinski definition) is 3. The third-order valence-electron chi connectivity index (χ3n) is 17.5. The third-order valence-corrected chi connectivity index (χ3v) is 28.0. The van der Waals surface area contributed by atoms with Crippen LogP contribution < -0.4 is 24.4 Å². The average molecular weight is 1120 g/mol. The molecule has 7 aliphatic rings. The summed E-state index contributed by atoms with van der Waals surface area (Å²) in [6.07, 6.45) is 0. The Morgan fingerprint density at radius 2 is 0.630 bits per heavy atom. The van der Waals surface area contributed by atoms with E-state index in [2.05, 4.69) is 247 Å². The third kappa shape index (κ3) is 4.52. The van der Waals surface area contributed by atoms with E-state index in [1.807, 2.05) is 0 Å². The Morgan fingerprint density at radius 3 is 0.986 bits per heavy atom. The molecule has 73 heavy (non-hydrogen) atoms. The Kier molecular flexibility index (Phi) is 7.33. The second-order valence-corrected chi connectivity index (χ2v) is 28.6. The van der Waals surface area contributed by atoms with Crippen LogP contribution in [0.3, 0.4) is 0 Å². The summed E-state index contributed by atoms with van der Waals surface area (Å²) in [5, 5.41) is 0. The summed E-state index contributed by atoms with van der Waals surface area (Å²) >= 11 is -3.13. The van der Waals surface area contributed by atoms with Crippen LogP contribution in [0.4, 0.5) is 34.1 Å². The van der Waals surface area contributed by atoms with Crippen LogP contribution in [0.15, 0.2) is 231 Å². The summed E-state index contributed by atoms with van der Waals surface area (Å²) in [6, 6.07) is 88.1. The predicted octanol–water partition coefficient (Wildman–Crippen LogP) is 14.9. The Balaban J connectivity index is 0.892. The summed E-state index contributed by atoms with van der Waals surface area (Å²) in [4.78, 5) is 5.23. The summed E-state index contributed by atoms with van der Waals surface area (Å²) < 4.78 is 11.5. The molecule has 0 saturated carbocycles. The van der Waals surface area contributed by atoms with Gasteiger partial charge in [0.1, 0.15) is 0 Å². The molecule has 0 amide bonds. The van der Waals surface area contributed by atoms with Crippen LogP contribution in [0.5, 0.6) is 11.5 Å². The first-order valence-electron chi connectivity index (χ1n) is 25.5.